The van der Waals surface area contributed by atoms with Gasteiger partial charge in [-0.05, 0) is 31.2 Å². The maximum absolute atomic E-state index is 12.5. The number of pyridine rings is 2. The highest BCUT2D eigenvalue weighted by Gasteiger charge is 2.32. The molecule has 2 aromatic heterocycles. The van der Waals surface area contributed by atoms with Crippen LogP contribution in [0.25, 0.3) is 0 Å². The van der Waals surface area contributed by atoms with Crippen LogP contribution in [0.3, 0.4) is 0 Å². The summed E-state index contributed by atoms with van der Waals surface area (Å²) in [5.74, 6) is 0.179. The lowest BCUT2D eigenvalue weighted by atomic mass is 10.3. The van der Waals surface area contributed by atoms with Crippen LogP contribution in [0.4, 0.5) is 19.0 Å². The highest BCUT2D eigenvalue weighted by atomic mass is 19.4. The molecule has 19 heavy (non-hydrogen) atoms. The third-order valence-corrected chi connectivity index (χ3v) is 2.44. The molecule has 0 atom stereocenters. The van der Waals surface area contributed by atoms with Crippen molar-refractivity contribution < 1.29 is 13.2 Å². The molecule has 0 spiro atoms. The smallest absolute Gasteiger partial charge is 0.364 e. The van der Waals surface area contributed by atoms with Crippen molar-refractivity contribution in [2.45, 2.75) is 19.6 Å². The Labute approximate surface area is 108 Å². The number of halogens is 3. The topological polar surface area (TPSA) is 37.8 Å². The Kier molecular flexibility index (Phi) is 3.69. The Hall–Kier alpha value is -2.11. The fourth-order valence-corrected chi connectivity index (χ4v) is 1.57. The molecule has 6 heteroatoms. The summed E-state index contributed by atoms with van der Waals surface area (Å²) < 4.78 is 37.4. The van der Waals surface area contributed by atoms with Gasteiger partial charge < -0.3 is 5.32 Å². The summed E-state index contributed by atoms with van der Waals surface area (Å²) >= 11 is 0. The van der Waals surface area contributed by atoms with Crippen LogP contribution in [0.2, 0.25) is 0 Å². The van der Waals surface area contributed by atoms with E-state index in [9.17, 15) is 13.2 Å². The van der Waals surface area contributed by atoms with Gasteiger partial charge in [0.25, 0.3) is 0 Å². The normalized spacial score (nSPS) is 11.4. The minimum atomic E-state index is -4.43. The lowest BCUT2D eigenvalue weighted by molar-refractivity contribution is -0.141. The van der Waals surface area contributed by atoms with Gasteiger partial charge in [-0.1, -0.05) is 12.1 Å². The summed E-state index contributed by atoms with van der Waals surface area (Å²) in [6.45, 7) is 2.18. The van der Waals surface area contributed by atoms with E-state index in [0.29, 0.717) is 6.54 Å². The third-order valence-electron chi connectivity index (χ3n) is 2.44. The van der Waals surface area contributed by atoms with Crippen molar-refractivity contribution >= 4 is 5.82 Å². The first-order valence-electron chi connectivity index (χ1n) is 5.66. The average molecular weight is 267 g/mol. The molecule has 0 aliphatic carbocycles. The molecular formula is C13H12F3N3. The molecule has 0 bridgehead atoms. The largest absolute Gasteiger partial charge is 0.433 e. The van der Waals surface area contributed by atoms with Crippen LogP contribution in [0.5, 0.6) is 0 Å². The van der Waals surface area contributed by atoms with Gasteiger partial charge in [-0.15, -0.1) is 0 Å². The predicted molar refractivity (Wildman–Crippen MR) is 65.5 cm³/mol. The van der Waals surface area contributed by atoms with E-state index in [4.69, 9.17) is 0 Å². The lowest BCUT2D eigenvalue weighted by Gasteiger charge is -2.09. The molecule has 0 saturated carbocycles. The van der Waals surface area contributed by atoms with Gasteiger partial charge in [0, 0.05) is 5.69 Å². The van der Waals surface area contributed by atoms with Gasteiger partial charge in [0.05, 0.1) is 12.2 Å². The standard InChI is InChI=1S/C13H12F3N3/c1-9-4-2-5-10(18-9)8-17-12-7-3-6-11(19-12)13(14,15)16/h2-7H,8H2,1H3,(H,17,19). The number of nitrogens with one attached hydrogen (secondary N) is 1. The van der Waals surface area contributed by atoms with Gasteiger partial charge in [0.2, 0.25) is 0 Å². The molecule has 0 aliphatic rings. The van der Waals surface area contributed by atoms with E-state index in [1.54, 1.807) is 6.07 Å². The van der Waals surface area contributed by atoms with E-state index in [2.05, 4.69) is 15.3 Å². The monoisotopic (exact) mass is 267 g/mol. The summed E-state index contributed by atoms with van der Waals surface area (Å²) in [4.78, 5) is 7.76. The van der Waals surface area contributed by atoms with Crippen molar-refractivity contribution in [3.05, 3.63) is 53.5 Å². The first-order valence-corrected chi connectivity index (χ1v) is 5.66. The predicted octanol–water partition coefficient (Wildman–Crippen LogP) is 3.42. The molecule has 0 amide bonds. The Bertz CT molecular complexity index is 567. The van der Waals surface area contributed by atoms with Gasteiger partial charge >= 0.3 is 6.18 Å². The SMILES string of the molecule is Cc1cccc(CNc2cccc(C(F)(F)F)n2)n1. The minimum Gasteiger partial charge on any atom is -0.364 e. The molecule has 0 radical (unpaired) electrons. The maximum Gasteiger partial charge on any atom is 0.433 e. The zero-order valence-corrected chi connectivity index (χ0v) is 10.2. The summed E-state index contributed by atoms with van der Waals surface area (Å²) in [5.41, 5.74) is 0.699. The van der Waals surface area contributed by atoms with Crippen LogP contribution < -0.4 is 5.32 Å². The van der Waals surface area contributed by atoms with Crippen LogP contribution in [-0.4, -0.2) is 9.97 Å². The summed E-state index contributed by atoms with van der Waals surface area (Å²) in [7, 11) is 0. The summed E-state index contributed by atoms with van der Waals surface area (Å²) in [5, 5.41) is 2.83. The van der Waals surface area contributed by atoms with Crippen LogP contribution in [0, 0.1) is 6.92 Å². The van der Waals surface area contributed by atoms with Crippen LogP contribution in [0.1, 0.15) is 17.1 Å². The van der Waals surface area contributed by atoms with Crippen molar-refractivity contribution in [1.29, 1.82) is 0 Å². The van der Waals surface area contributed by atoms with Gasteiger partial charge in [-0.2, -0.15) is 13.2 Å². The molecule has 0 aromatic carbocycles. The molecule has 2 heterocycles. The van der Waals surface area contributed by atoms with Crippen molar-refractivity contribution in [2.24, 2.45) is 0 Å². The molecule has 2 aromatic rings. The fourth-order valence-electron chi connectivity index (χ4n) is 1.57. The number of rotatable bonds is 3. The highest BCUT2D eigenvalue weighted by molar-refractivity contribution is 5.36. The molecular weight excluding hydrogens is 255 g/mol. The molecule has 0 fully saturated rings. The average Bonchev–Trinajstić information content (AvgIpc) is 2.36. The number of alkyl halides is 3. The molecule has 3 nitrogen and oxygen atoms in total. The zero-order chi connectivity index (χ0) is 13.9. The molecule has 0 unspecified atom stereocenters. The van der Waals surface area contributed by atoms with Crippen LogP contribution in [0.15, 0.2) is 36.4 Å². The van der Waals surface area contributed by atoms with E-state index in [-0.39, 0.29) is 5.82 Å². The Morgan fingerprint density at radius 2 is 1.79 bits per heavy atom. The highest BCUT2D eigenvalue weighted by Crippen LogP contribution is 2.28. The van der Waals surface area contributed by atoms with E-state index in [0.717, 1.165) is 17.5 Å². The number of hydrogen-bond acceptors (Lipinski definition) is 3. The van der Waals surface area contributed by atoms with Crippen molar-refractivity contribution in [2.75, 3.05) is 5.32 Å². The Morgan fingerprint density at radius 3 is 2.47 bits per heavy atom. The summed E-state index contributed by atoms with van der Waals surface area (Å²) in [6, 6.07) is 9.25. The molecule has 0 aliphatic heterocycles. The number of nitrogens with zero attached hydrogens (tertiary/aromatic N) is 2. The molecule has 2 rings (SSSR count). The van der Waals surface area contributed by atoms with Crippen molar-refractivity contribution in [3.8, 4) is 0 Å². The van der Waals surface area contributed by atoms with Gasteiger partial charge in [0.15, 0.2) is 0 Å². The lowest BCUT2D eigenvalue weighted by Crippen LogP contribution is -2.10. The Balaban J connectivity index is 2.08. The quantitative estimate of drug-likeness (QED) is 0.926. The van der Waals surface area contributed by atoms with Gasteiger partial charge in [-0.25, -0.2) is 4.98 Å². The van der Waals surface area contributed by atoms with E-state index >= 15 is 0 Å². The first-order chi connectivity index (χ1) is 8.95. The fraction of sp³-hybridized carbons (Fsp3) is 0.231. The number of anilines is 1. The van der Waals surface area contributed by atoms with E-state index in [1.807, 2.05) is 19.1 Å². The molecule has 0 saturated heterocycles. The summed E-state index contributed by atoms with van der Waals surface area (Å²) in [6.07, 6.45) is -4.43. The van der Waals surface area contributed by atoms with E-state index in [1.165, 1.54) is 12.1 Å². The van der Waals surface area contributed by atoms with Gasteiger partial charge in [-0.3, -0.25) is 4.98 Å². The third kappa shape index (κ3) is 3.67. The van der Waals surface area contributed by atoms with E-state index < -0.39 is 11.9 Å². The van der Waals surface area contributed by atoms with Crippen LogP contribution >= 0.6 is 0 Å². The number of hydrogen-bond donors (Lipinski definition) is 1. The first kappa shape index (κ1) is 13.3. The maximum atomic E-state index is 12.5. The van der Waals surface area contributed by atoms with Crippen molar-refractivity contribution in [3.63, 3.8) is 0 Å². The number of aryl methyl sites for hydroxylation is 1. The van der Waals surface area contributed by atoms with Gasteiger partial charge in [0.1, 0.15) is 11.5 Å². The van der Waals surface area contributed by atoms with Crippen LogP contribution in [-0.2, 0) is 12.7 Å². The number of aromatic nitrogens is 2. The Morgan fingerprint density at radius 1 is 1.05 bits per heavy atom. The molecule has 1 N–H and O–H groups in total. The minimum absolute atomic E-state index is 0.179. The second kappa shape index (κ2) is 5.26. The molecule has 100 valence electrons. The second-order valence-corrected chi connectivity index (χ2v) is 4.03. The zero-order valence-electron chi connectivity index (χ0n) is 10.2. The second-order valence-electron chi connectivity index (χ2n) is 4.03. The van der Waals surface area contributed by atoms with Crippen molar-refractivity contribution in [1.82, 2.24) is 9.97 Å².